The molecule has 178 valence electrons. The van der Waals surface area contributed by atoms with Gasteiger partial charge in [0.05, 0.1) is 26.4 Å². The number of rotatable bonds is 6. The number of carbonyl (C=O) groups excluding carboxylic acids is 2. The molecule has 7 heteroatoms. The van der Waals surface area contributed by atoms with Gasteiger partial charge < -0.3 is 19.5 Å². The molecule has 0 fully saturated rings. The number of hydrogen-bond donors (Lipinski definition) is 1. The van der Waals surface area contributed by atoms with Crippen molar-refractivity contribution in [1.82, 2.24) is 5.32 Å². The predicted octanol–water partition coefficient (Wildman–Crippen LogP) is 5.28. The Balaban J connectivity index is 1.78. The first kappa shape index (κ1) is 23.9. The van der Waals surface area contributed by atoms with E-state index in [1.807, 2.05) is 43.3 Å². The number of dihydropyridines is 1. The fraction of sp³-hybridized carbons (Fsp3) is 0.333. The number of halogens is 1. The monoisotopic (exact) mass is 481 g/mol. The van der Waals surface area contributed by atoms with Crippen molar-refractivity contribution < 1.29 is 23.8 Å². The highest BCUT2D eigenvalue weighted by Crippen LogP contribution is 2.46. The van der Waals surface area contributed by atoms with E-state index in [0.717, 1.165) is 16.8 Å². The number of ether oxygens (including phenoxy) is 3. The molecule has 2 aromatic carbocycles. The molecule has 2 aromatic rings. The largest absolute Gasteiger partial charge is 0.493 e. The molecule has 2 aliphatic rings. The van der Waals surface area contributed by atoms with Crippen molar-refractivity contribution in [2.45, 2.75) is 38.5 Å². The average Bonchev–Trinajstić information content (AvgIpc) is 2.82. The van der Waals surface area contributed by atoms with Crippen molar-refractivity contribution in [3.8, 4) is 11.5 Å². The highest BCUT2D eigenvalue weighted by atomic mass is 35.5. The maximum Gasteiger partial charge on any atom is 0.336 e. The molecule has 0 spiro atoms. The minimum absolute atomic E-state index is 0.00666. The predicted molar refractivity (Wildman–Crippen MR) is 130 cm³/mol. The second kappa shape index (κ2) is 9.94. The lowest BCUT2D eigenvalue weighted by Gasteiger charge is -2.36. The van der Waals surface area contributed by atoms with Crippen molar-refractivity contribution in [1.29, 1.82) is 0 Å². The van der Waals surface area contributed by atoms with Crippen LogP contribution >= 0.6 is 11.6 Å². The van der Waals surface area contributed by atoms with E-state index >= 15 is 0 Å². The van der Waals surface area contributed by atoms with E-state index in [1.54, 1.807) is 27.2 Å². The number of nitrogens with one attached hydrogen (secondary N) is 1. The Bertz CT molecular complexity index is 1200. The second-order valence-electron chi connectivity index (χ2n) is 8.41. The summed E-state index contributed by atoms with van der Waals surface area (Å²) in [4.78, 5) is 26.6. The van der Waals surface area contributed by atoms with E-state index in [0.29, 0.717) is 46.2 Å². The molecule has 1 aliphatic heterocycles. The van der Waals surface area contributed by atoms with Gasteiger partial charge in [0.25, 0.3) is 0 Å². The van der Waals surface area contributed by atoms with Crippen LogP contribution in [0, 0.1) is 0 Å². The number of Topliss-reactive ketones (excluding diaryl/α,β-unsaturated/α-hetero) is 1. The van der Waals surface area contributed by atoms with Gasteiger partial charge in [0.1, 0.15) is 0 Å². The molecule has 6 nitrogen and oxygen atoms in total. The molecule has 0 radical (unpaired) electrons. The SMILES string of the molecule is CCOC(=O)C1=C(C)NC2=C(C(=O)C[C@H](c3ccc(OC)c(OC)c3)C2)[C@H]1c1cccc(Cl)c1. The molecule has 1 N–H and O–H groups in total. The smallest absolute Gasteiger partial charge is 0.336 e. The third kappa shape index (κ3) is 4.42. The van der Waals surface area contributed by atoms with Crippen molar-refractivity contribution in [3.05, 3.63) is 81.2 Å². The molecule has 0 saturated carbocycles. The van der Waals surface area contributed by atoms with Crippen LogP contribution in [-0.2, 0) is 14.3 Å². The van der Waals surface area contributed by atoms with Crippen LogP contribution in [0.1, 0.15) is 49.7 Å². The van der Waals surface area contributed by atoms with Crippen LogP contribution in [-0.4, -0.2) is 32.6 Å². The summed E-state index contributed by atoms with van der Waals surface area (Å²) in [5.74, 6) is 0.263. The number of esters is 1. The van der Waals surface area contributed by atoms with E-state index in [-0.39, 0.29) is 18.3 Å². The van der Waals surface area contributed by atoms with E-state index in [9.17, 15) is 9.59 Å². The third-order valence-corrected chi connectivity index (χ3v) is 6.62. The van der Waals surface area contributed by atoms with Gasteiger partial charge in [-0.3, -0.25) is 4.79 Å². The van der Waals surface area contributed by atoms with Crippen LogP contribution in [0.25, 0.3) is 0 Å². The lowest BCUT2D eigenvalue weighted by molar-refractivity contribution is -0.138. The minimum atomic E-state index is -0.534. The number of ketones is 1. The fourth-order valence-electron chi connectivity index (χ4n) is 4.88. The third-order valence-electron chi connectivity index (χ3n) is 6.38. The lowest BCUT2D eigenvalue weighted by atomic mass is 9.71. The first-order chi connectivity index (χ1) is 16.4. The van der Waals surface area contributed by atoms with E-state index < -0.39 is 11.9 Å². The molecular formula is C27H28ClNO5. The summed E-state index contributed by atoms with van der Waals surface area (Å²) >= 11 is 6.29. The van der Waals surface area contributed by atoms with E-state index in [2.05, 4.69) is 5.32 Å². The summed E-state index contributed by atoms with van der Waals surface area (Å²) in [6, 6.07) is 13.1. The van der Waals surface area contributed by atoms with E-state index in [1.165, 1.54) is 0 Å². The number of benzene rings is 2. The van der Waals surface area contributed by atoms with Gasteiger partial charge in [-0.15, -0.1) is 0 Å². The molecule has 0 aromatic heterocycles. The van der Waals surface area contributed by atoms with Crippen molar-refractivity contribution in [2.75, 3.05) is 20.8 Å². The first-order valence-corrected chi connectivity index (χ1v) is 11.6. The maximum absolute atomic E-state index is 13.6. The second-order valence-corrected chi connectivity index (χ2v) is 8.84. The summed E-state index contributed by atoms with van der Waals surface area (Å²) < 4.78 is 16.2. The number of methoxy groups -OCH3 is 2. The van der Waals surface area contributed by atoms with Crippen LogP contribution in [0.3, 0.4) is 0 Å². The molecule has 0 saturated heterocycles. The van der Waals surface area contributed by atoms with Gasteiger partial charge in [0.15, 0.2) is 17.3 Å². The normalized spacial score (nSPS) is 20.0. The summed E-state index contributed by atoms with van der Waals surface area (Å²) in [6.07, 6.45) is 0.948. The number of hydrogen-bond acceptors (Lipinski definition) is 6. The highest BCUT2D eigenvalue weighted by Gasteiger charge is 2.41. The maximum atomic E-state index is 13.6. The summed E-state index contributed by atoms with van der Waals surface area (Å²) in [5, 5.41) is 3.90. The van der Waals surface area contributed by atoms with Crippen molar-refractivity contribution in [2.24, 2.45) is 0 Å². The summed E-state index contributed by atoms with van der Waals surface area (Å²) in [5.41, 5.74) is 4.35. The Morgan fingerprint density at radius 2 is 1.82 bits per heavy atom. The Labute approximate surface area is 204 Å². The van der Waals surface area contributed by atoms with Gasteiger partial charge in [0.2, 0.25) is 0 Å². The zero-order valence-electron chi connectivity index (χ0n) is 19.7. The Hall–Kier alpha value is -3.25. The number of carbonyl (C=O) groups is 2. The first-order valence-electron chi connectivity index (χ1n) is 11.3. The van der Waals surface area contributed by atoms with Crippen LogP contribution < -0.4 is 14.8 Å². The van der Waals surface area contributed by atoms with Gasteiger partial charge in [-0.2, -0.15) is 0 Å². The Morgan fingerprint density at radius 3 is 2.50 bits per heavy atom. The van der Waals surface area contributed by atoms with Gasteiger partial charge in [-0.25, -0.2) is 4.79 Å². The standard InChI is InChI=1S/C27H28ClNO5/c1-5-34-27(31)24-15(2)29-20-12-18(16-9-10-22(32-3)23(14-16)33-4)13-21(30)26(20)25(24)17-7-6-8-19(28)11-17/h6-11,14,18,25,29H,5,12-13H2,1-4H3/t18-,25+/m1/s1. The lowest BCUT2D eigenvalue weighted by Crippen LogP contribution is -2.36. The van der Waals surface area contributed by atoms with Gasteiger partial charge in [-0.1, -0.05) is 29.8 Å². The molecule has 0 bridgehead atoms. The van der Waals surface area contributed by atoms with Crippen LogP contribution in [0.4, 0.5) is 0 Å². The topological polar surface area (TPSA) is 73.9 Å². The van der Waals surface area contributed by atoms with Gasteiger partial charge in [-0.05, 0) is 61.6 Å². The van der Waals surface area contributed by atoms with Crippen LogP contribution in [0.5, 0.6) is 11.5 Å². The molecule has 4 rings (SSSR count). The zero-order valence-corrected chi connectivity index (χ0v) is 20.5. The molecule has 1 heterocycles. The molecule has 34 heavy (non-hydrogen) atoms. The summed E-state index contributed by atoms with van der Waals surface area (Å²) in [7, 11) is 3.19. The average molecular weight is 482 g/mol. The van der Waals surface area contributed by atoms with Gasteiger partial charge >= 0.3 is 5.97 Å². The minimum Gasteiger partial charge on any atom is -0.493 e. The van der Waals surface area contributed by atoms with E-state index in [4.69, 9.17) is 25.8 Å². The Morgan fingerprint density at radius 1 is 1.06 bits per heavy atom. The highest BCUT2D eigenvalue weighted by molar-refractivity contribution is 6.30. The number of allylic oxidation sites excluding steroid dienone is 3. The molecule has 1 aliphatic carbocycles. The van der Waals surface area contributed by atoms with Crippen molar-refractivity contribution >= 4 is 23.4 Å². The molecule has 0 amide bonds. The molecular weight excluding hydrogens is 454 g/mol. The molecule has 2 atom stereocenters. The fourth-order valence-corrected chi connectivity index (χ4v) is 5.08. The van der Waals surface area contributed by atoms with Crippen LogP contribution in [0.2, 0.25) is 5.02 Å². The quantitative estimate of drug-likeness (QED) is 0.566. The Kier molecular flexibility index (Phi) is 6.98. The molecule has 0 unspecified atom stereocenters. The van der Waals surface area contributed by atoms with Gasteiger partial charge in [0, 0.05) is 34.3 Å². The van der Waals surface area contributed by atoms with Crippen molar-refractivity contribution in [3.63, 3.8) is 0 Å². The zero-order chi connectivity index (χ0) is 24.4. The summed E-state index contributed by atoms with van der Waals surface area (Å²) in [6.45, 7) is 3.86. The van der Waals surface area contributed by atoms with Crippen LogP contribution in [0.15, 0.2) is 65.0 Å².